The van der Waals surface area contributed by atoms with Gasteiger partial charge >= 0.3 is 13.4 Å². The zero-order chi connectivity index (χ0) is 23.9. The molecular weight excluding hydrogens is 453 g/mol. The first-order valence-electron chi connectivity index (χ1n) is 11.3. The number of nitrogens with zero attached hydrogens (tertiary/aromatic N) is 3. The Balaban J connectivity index is 1.41. The van der Waals surface area contributed by atoms with Crippen molar-refractivity contribution in [3.63, 3.8) is 0 Å². The van der Waals surface area contributed by atoms with Gasteiger partial charge in [-0.25, -0.2) is 9.34 Å². The number of rotatable bonds is 9. The van der Waals surface area contributed by atoms with Crippen molar-refractivity contribution in [3.8, 4) is 22.6 Å². The maximum Gasteiger partial charge on any atom is 0.346 e. The minimum absolute atomic E-state index is 0.118. The molecule has 2 saturated heterocycles. The second kappa shape index (κ2) is 8.96. The van der Waals surface area contributed by atoms with Crippen LogP contribution in [-0.4, -0.2) is 40.4 Å². The van der Waals surface area contributed by atoms with Crippen LogP contribution in [0, 0.1) is 17.0 Å². The van der Waals surface area contributed by atoms with E-state index in [1.165, 1.54) is 11.6 Å². The first-order valence-corrected chi connectivity index (χ1v) is 12.8. The van der Waals surface area contributed by atoms with Crippen molar-refractivity contribution in [2.24, 2.45) is 0 Å². The van der Waals surface area contributed by atoms with Gasteiger partial charge in [-0.2, -0.15) is 0 Å². The minimum atomic E-state index is -3.03. The largest absolute Gasteiger partial charge is 0.450 e. The molecule has 34 heavy (non-hydrogen) atoms. The summed E-state index contributed by atoms with van der Waals surface area (Å²) in [7, 11) is -3.03. The maximum atomic E-state index is 13.4. The molecule has 0 bridgehead atoms. The van der Waals surface area contributed by atoms with Gasteiger partial charge in [0.2, 0.25) is 5.75 Å². The lowest BCUT2D eigenvalue weighted by atomic mass is 10.0. The highest BCUT2D eigenvalue weighted by atomic mass is 31.2. The monoisotopic (exact) mass is 479 g/mol. The number of nitro groups is 1. The number of nitro benzene ring substituents is 1. The van der Waals surface area contributed by atoms with E-state index in [0.717, 1.165) is 37.3 Å². The van der Waals surface area contributed by atoms with E-state index in [0.29, 0.717) is 11.3 Å². The summed E-state index contributed by atoms with van der Waals surface area (Å²) in [6, 6.07) is 20.2. The fourth-order valence-electron chi connectivity index (χ4n) is 3.80. The van der Waals surface area contributed by atoms with Crippen LogP contribution in [0.4, 0.5) is 5.69 Å². The fraction of sp³-hybridized carbons (Fsp3) is 0.280. The molecule has 9 heteroatoms. The topological polar surface area (TPSA) is 84.7 Å². The smallest absolute Gasteiger partial charge is 0.346 e. The van der Waals surface area contributed by atoms with E-state index < -0.39 is 18.7 Å². The van der Waals surface area contributed by atoms with Crippen LogP contribution in [0.5, 0.6) is 11.5 Å². The summed E-state index contributed by atoms with van der Waals surface area (Å²) in [4.78, 5) is 11.2. The highest BCUT2D eigenvalue weighted by Crippen LogP contribution is 2.63. The third kappa shape index (κ3) is 4.76. The van der Waals surface area contributed by atoms with Gasteiger partial charge in [0.15, 0.2) is 0 Å². The molecule has 8 nitrogen and oxygen atoms in total. The Kier molecular flexibility index (Phi) is 6.00. The zero-order valence-electron chi connectivity index (χ0n) is 19.1. The molecular formula is C25H26N3O5P. The number of aryl methyl sites for hydroxylation is 1. The Morgan fingerprint density at radius 2 is 1.62 bits per heavy atom. The molecule has 2 heterocycles. The minimum Gasteiger partial charge on any atom is -0.450 e. The molecule has 2 aliphatic rings. The molecule has 0 amide bonds. The molecule has 3 aromatic carbocycles. The number of benzene rings is 3. The second-order valence-corrected chi connectivity index (χ2v) is 10.9. The summed E-state index contributed by atoms with van der Waals surface area (Å²) < 4.78 is 29.1. The van der Waals surface area contributed by atoms with Gasteiger partial charge < -0.3 is 4.74 Å². The Hall–Kier alpha value is -3.03. The predicted octanol–water partition coefficient (Wildman–Crippen LogP) is 6.18. The lowest BCUT2D eigenvalue weighted by Crippen LogP contribution is -2.10. The normalized spacial score (nSPS) is 16.8. The van der Waals surface area contributed by atoms with Crippen LogP contribution in [-0.2, 0) is 9.09 Å². The van der Waals surface area contributed by atoms with Crippen LogP contribution in [0.15, 0.2) is 66.7 Å². The van der Waals surface area contributed by atoms with E-state index in [-0.39, 0.29) is 11.4 Å². The van der Waals surface area contributed by atoms with Crippen LogP contribution in [0.25, 0.3) is 11.1 Å². The van der Waals surface area contributed by atoms with E-state index in [4.69, 9.17) is 9.26 Å². The molecule has 1 atom stereocenters. The molecule has 0 aromatic heterocycles. The van der Waals surface area contributed by atoms with Gasteiger partial charge in [-0.3, -0.25) is 19.2 Å². The fourth-order valence-corrected chi connectivity index (χ4v) is 6.15. The van der Waals surface area contributed by atoms with Crippen LogP contribution in [0.2, 0.25) is 0 Å². The molecule has 2 fully saturated rings. The van der Waals surface area contributed by atoms with Gasteiger partial charge in [-0.05, 0) is 54.8 Å². The molecule has 3 aromatic rings. The second-order valence-electron chi connectivity index (χ2n) is 8.63. The number of ether oxygens (including phenoxy) is 1. The van der Waals surface area contributed by atoms with Crippen molar-refractivity contribution < 1.29 is 18.7 Å². The molecule has 0 aliphatic carbocycles. The Bertz CT molecular complexity index is 1260. The average Bonchev–Trinajstić information content (AvgIpc) is 3.71. The molecule has 5 rings (SSSR count). The van der Waals surface area contributed by atoms with E-state index in [1.807, 2.05) is 65.7 Å². The Morgan fingerprint density at radius 1 is 0.941 bits per heavy atom. The molecule has 0 N–H and O–H groups in total. The number of hydrogen-bond donors (Lipinski definition) is 0. The summed E-state index contributed by atoms with van der Waals surface area (Å²) in [6.07, 6.45) is -0.519. The third-order valence-corrected chi connectivity index (χ3v) is 8.77. The summed E-state index contributed by atoms with van der Waals surface area (Å²) >= 11 is 0. The summed E-state index contributed by atoms with van der Waals surface area (Å²) in [5.41, 5.74) is 3.67. The SMILES string of the molecule is Cc1ccc(-c2cccc(Oc3cc(C(C)OP(=O)(N4CC4)N4CC4)ccc3[N+](=O)[O-])c2)cc1. The summed E-state index contributed by atoms with van der Waals surface area (Å²) in [5.74, 6) is 0.609. The van der Waals surface area contributed by atoms with E-state index in [9.17, 15) is 14.7 Å². The maximum absolute atomic E-state index is 13.4. The van der Waals surface area contributed by atoms with Crippen LogP contribution in [0.1, 0.15) is 24.2 Å². The van der Waals surface area contributed by atoms with Crippen molar-refractivity contribution in [2.45, 2.75) is 20.0 Å². The van der Waals surface area contributed by atoms with Crippen molar-refractivity contribution in [3.05, 3.63) is 88.0 Å². The first-order chi connectivity index (χ1) is 16.3. The Labute approximate surface area is 198 Å². The van der Waals surface area contributed by atoms with Crippen molar-refractivity contribution in [1.29, 1.82) is 0 Å². The summed E-state index contributed by atoms with van der Waals surface area (Å²) in [6.45, 7) is 6.86. The molecule has 2 aliphatic heterocycles. The van der Waals surface area contributed by atoms with Crippen LogP contribution < -0.4 is 4.74 Å². The van der Waals surface area contributed by atoms with E-state index in [1.54, 1.807) is 18.2 Å². The van der Waals surface area contributed by atoms with Crippen molar-refractivity contribution in [1.82, 2.24) is 9.34 Å². The standard InChI is InChI=1S/C25H26N3O5P/c1-18-6-8-20(9-7-18)22-4-3-5-23(16-22)32-25-17-21(10-11-24(25)28(29)30)19(2)33-34(31,26-12-13-26)27-14-15-27/h3-11,16-17,19H,12-15H2,1-2H3. The summed E-state index contributed by atoms with van der Waals surface area (Å²) in [5, 5.41) is 11.7. The van der Waals surface area contributed by atoms with Gasteiger partial charge in [0.05, 0.1) is 11.0 Å². The lowest BCUT2D eigenvalue weighted by Gasteiger charge is -2.24. The zero-order valence-corrected chi connectivity index (χ0v) is 20.0. The van der Waals surface area contributed by atoms with Gasteiger partial charge in [-0.15, -0.1) is 0 Å². The molecule has 0 radical (unpaired) electrons. The van der Waals surface area contributed by atoms with Crippen molar-refractivity contribution >= 4 is 13.4 Å². The average molecular weight is 479 g/mol. The number of hydrogen-bond acceptors (Lipinski definition) is 5. The third-order valence-electron chi connectivity index (χ3n) is 5.95. The van der Waals surface area contributed by atoms with E-state index >= 15 is 0 Å². The van der Waals surface area contributed by atoms with Gasteiger partial charge in [-0.1, -0.05) is 42.0 Å². The lowest BCUT2D eigenvalue weighted by molar-refractivity contribution is -0.385. The molecule has 1 unspecified atom stereocenters. The van der Waals surface area contributed by atoms with Gasteiger partial charge in [0, 0.05) is 32.2 Å². The van der Waals surface area contributed by atoms with Crippen molar-refractivity contribution in [2.75, 3.05) is 26.2 Å². The van der Waals surface area contributed by atoms with Crippen LogP contribution >= 0.6 is 7.67 Å². The molecule has 0 spiro atoms. The first kappa shape index (κ1) is 22.7. The molecule has 0 saturated carbocycles. The van der Waals surface area contributed by atoms with Crippen LogP contribution in [0.3, 0.4) is 0 Å². The predicted molar refractivity (Wildman–Crippen MR) is 130 cm³/mol. The van der Waals surface area contributed by atoms with Gasteiger partial charge in [0.1, 0.15) is 5.75 Å². The van der Waals surface area contributed by atoms with Gasteiger partial charge in [0.25, 0.3) is 0 Å². The molecule has 176 valence electrons. The van der Waals surface area contributed by atoms with E-state index in [2.05, 4.69) is 0 Å². The quantitative estimate of drug-likeness (QED) is 0.157. The Morgan fingerprint density at radius 3 is 2.24 bits per heavy atom. The highest BCUT2D eigenvalue weighted by Gasteiger charge is 2.50. The highest BCUT2D eigenvalue weighted by molar-refractivity contribution is 7.54.